The van der Waals surface area contributed by atoms with Crippen molar-refractivity contribution in [3.05, 3.63) is 247 Å². The molecule has 3 aliphatic rings. The lowest BCUT2D eigenvalue weighted by molar-refractivity contribution is 0.551. The summed E-state index contributed by atoms with van der Waals surface area (Å²) >= 11 is 1.87. The third-order valence-electron chi connectivity index (χ3n) is 14.9. The fraction of sp³-hybridized carbons (Fsp3) is 0.0938. The molecule has 2 nitrogen and oxygen atoms in total. The Morgan fingerprint density at radius 1 is 0.448 bits per heavy atom. The van der Waals surface area contributed by atoms with Crippen LogP contribution in [0.2, 0.25) is 0 Å². The minimum Gasteiger partial charge on any atom is -0.313 e. The highest BCUT2D eigenvalue weighted by atomic mass is 32.1. The fourth-order valence-electron chi connectivity index (χ4n) is 11.6. The Labute approximate surface area is 397 Å². The molecule has 0 radical (unpaired) electrons. The smallest absolute Gasteiger partial charge is 0.0538 e. The van der Waals surface area contributed by atoms with E-state index in [1.54, 1.807) is 0 Å². The Kier molecular flexibility index (Phi) is 8.97. The number of rotatable bonds is 5. The van der Waals surface area contributed by atoms with Gasteiger partial charge in [0, 0.05) is 65.0 Å². The summed E-state index contributed by atoms with van der Waals surface area (Å²) in [6.45, 7) is 7.17. The van der Waals surface area contributed by atoms with Gasteiger partial charge in [0.2, 0.25) is 0 Å². The summed E-state index contributed by atoms with van der Waals surface area (Å²) in [7, 11) is 0. The molecular formula is C64H48N2S. The van der Waals surface area contributed by atoms with Crippen molar-refractivity contribution >= 4 is 59.9 Å². The van der Waals surface area contributed by atoms with Crippen LogP contribution < -0.4 is 9.80 Å². The number of hydrogen-bond acceptors (Lipinski definition) is 3. The summed E-state index contributed by atoms with van der Waals surface area (Å²) in [6, 6.07) is 77.3. The Balaban J connectivity index is 1.10. The SMILES string of the molecule is CC12CC=CC=C1N(c1ccc3sc4ccccc4c3c1)c1ccc(N(c3cccc(-c4ccccc4)c3)c3ccc4c(c3)-c3ccccc3C4(C)C)cc1-c1ccccc1-c1ccccc12. The molecule has 0 saturated heterocycles. The number of thiophene rings is 1. The lowest BCUT2D eigenvalue weighted by atomic mass is 9.71. The van der Waals surface area contributed by atoms with Gasteiger partial charge in [0.15, 0.2) is 0 Å². The van der Waals surface area contributed by atoms with Gasteiger partial charge in [0.25, 0.3) is 0 Å². The highest BCUT2D eigenvalue weighted by molar-refractivity contribution is 7.25. The molecule has 1 atom stereocenters. The Morgan fingerprint density at radius 2 is 1.06 bits per heavy atom. The van der Waals surface area contributed by atoms with Crippen molar-refractivity contribution < 1.29 is 0 Å². The molecule has 0 spiro atoms. The first-order valence-electron chi connectivity index (χ1n) is 23.5. The van der Waals surface area contributed by atoms with Crippen molar-refractivity contribution in [1.29, 1.82) is 0 Å². The molecule has 2 aliphatic carbocycles. The van der Waals surface area contributed by atoms with Gasteiger partial charge in [-0.15, -0.1) is 11.3 Å². The summed E-state index contributed by atoms with van der Waals surface area (Å²) < 4.78 is 2.61. The standard InChI is InChI=1S/C64H48N2S/c1-63(2)56-27-12-9-25-51(56)53-39-45(31-34-57(53)63)65(44-21-17-20-43(38-44)42-18-5-4-6-19-42)46-32-35-59-54(40-46)49-23-8-7-22-48(49)50-24-10-13-28-58(50)64(3)37-16-15-30-62(64)66(59)47-33-36-61-55(41-47)52-26-11-14-29-60(52)67-61/h4-36,38-41H,37H2,1-3H3. The minimum atomic E-state index is -0.331. The van der Waals surface area contributed by atoms with Crippen LogP contribution in [-0.4, -0.2) is 0 Å². The summed E-state index contributed by atoms with van der Waals surface area (Å²) in [4.78, 5) is 5.06. The number of allylic oxidation sites excluding steroid dienone is 4. The van der Waals surface area contributed by atoms with Crippen molar-refractivity contribution in [3.8, 4) is 44.5 Å². The molecule has 320 valence electrons. The first-order chi connectivity index (χ1) is 32.8. The van der Waals surface area contributed by atoms with Crippen molar-refractivity contribution in [1.82, 2.24) is 0 Å². The number of hydrogen-bond donors (Lipinski definition) is 0. The van der Waals surface area contributed by atoms with Crippen molar-refractivity contribution in [2.75, 3.05) is 9.80 Å². The summed E-state index contributed by atoms with van der Waals surface area (Å²) in [6.07, 6.45) is 7.86. The van der Waals surface area contributed by atoms with Crippen LogP contribution in [0.25, 0.3) is 64.7 Å². The zero-order chi connectivity index (χ0) is 44.9. The molecule has 1 aromatic heterocycles. The second-order valence-corrected chi connectivity index (χ2v) is 20.2. The quantitative estimate of drug-likeness (QED) is 0.170. The molecule has 2 heterocycles. The Hall–Kier alpha value is -7.72. The first-order valence-corrected chi connectivity index (χ1v) is 24.3. The third-order valence-corrected chi connectivity index (χ3v) is 16.0. The van der Waals surface area contributed by atoms with Gasteiger partial charge in [0.1, 0.15) is 0 Å². The second kappa shape index (κ2) is 15.2. The van der Waals surface area contributed by atoms with Gasteiger partial charge >= 0.3 is 0 Å². The number of nitrogens with zero attached hydrogens (tertiary/aromatic N) is 2. The molecule has 1 aliphatic heterocycles. The zero-order valence-electron chi connectivity index (χ0n) is 37.9. The van der Waals surface area contributed by atoms with Gasteiger partial charge in [-0.3, -0.25) is 0 Å². The van der Waals surface area contributed by atoms with Crippen LogP contribution in [0.15, 0.2) is 230 Å². The van der Waals surface area contributed by atoms with Gasteiger partial charge < -0.3 is 9.80 Å². The fourth-order valence-corrected chi connectivity index (χ4v) is 12.6. The van der Waals surface area contributed by atoms with E-state index in [2.05, 4.69) is 255 Å². The number of anilines is 5. The van der Waals surface area contributed by atoms with Crippen molar-refractivity contribution in [3.63, 3.8) is 0 Å². The zero-order valence-corrected chi connectivity index (χ0v) is 38.7. The molecule has 0 fully saturated rings. The van der Waals surface area contributed by atoms with Crippen molar-refractivity contribution in [2.24, 2.45) is 0 Å². The van der Waals surface area contributed by atoms with E-state index in [1.807, 2.05) is 11.3 Å². The van der Waals surface area contributed by atoms with E-state index in [9.17, 15) is 0 Å². The van der Waals surface area contributed by atoms with E-state index >= 15 is 0 Å². The van der Waals surface area contributed by atoms with Gasteiger partial charge in [-0.2, -0.15) is 0 Å². The summed E-state index contributed by atoms with van der Waals surface area (Å²) in [5, 5.41) is 2.59. The lowest BCUT2D eigenvalue weighted by Gasteiger charge is -2.42. The average Bonchev–Trinajstić information content (AvgIpc) is 3.87. The van der Waals surface area contributed by atoms with E-state index in [-0.39, 0.29) is 10.8 Å². The van der Waals surface area contributed by atoms with E-state index < -0.39 is 0 Å². The summed E-state index contributed by atoms with van der Waals surface area (Å²) in [5.74, 6) is 0. The third kappa shape index (κ3) is 6.15. The van der Waals surface area contributed by atoms with Gasteiger partial charge in [0.05, 0.1) is 5.69 Å². The molecule has 0 saturated carbocycles. The minimum absolute atomic E-state index is 0.0944. The largest absolute Gasteiger partial charge is 0.313 e. The van der Waals surface area contributed by atoms with E-state index in [0.717, 1.165) is 34.9 Å². The topological polar surface area (TPSA) is 6.48 Å². The normalized spacial score (nSPS) is 16.4. The van der Waals surface area contributed by atoms with Crippen LogP contribution in [0, 0.1) is 0 Å². The molecule has 10 aromatic rings. The van der Waals surface area contributed by atoms with Crippen LogP contribution in [-0.2, 0) is 10.8 Å². The molecule has 13 rings (SSSR count). The van der Waals surface area contributed by atoms with Crippen LogP contribution in [0.3, 0.4) is 0 Å². The molecular weight excluding hydrogens is 829 g/mol. The van der Waals surface area contributed by atoms with Gasteiger partial charge in [-0.25, -0.2) is 0 Å². The number of fused-ring (bicyclic) bond motifs is 13. The second-order valence-electron chi connectivity index (χ2n) is 19.1. The highest BCUT2D eigenvalue weighted by Gasteiger charge is 2.40. The maximum absolute atomic E-state index is 2.59. The molecule has 0 amide bonds. The maximum atomic E-state index is 2.59. The Bertz CT molecular complexity index is 3680. The van der Waals surface area contributed by atoms with Crippen molar-refractivity contribution in [2.45, 2.75) is 38.0 Å². The average molecular weight is 877 g/mol. The summed E-state index contributed by atoms with van der Waals surface area (Å²) in [5.41, 5.74) is 20.4. The molecule has 0 bridgehead atoms. The van der Waals surface area contributed by atoms with E-state index in [4.69, 9.17) is 0 Å². The molecule has 0 N–H and O–H groups in total. The van der Waals surface area contributed by atoms with Gasteiger partial charge in [-0.05, 0) is 142 Å². The first kappa shape index (κ1) is 39.6. The Morgan fingerprint density at radius 3 is 1.88 bits per heavy atom. The highest BCUT2D eigenvalue weighted by Crippen LogP contribution is 2.55. The van der Waals surface area contributed by atoms with Crippen LogP contribution >= 0.6 is 11.3 Å². The molecule has 9 aromatic carbocycles. The molecule has 3 heteroatoms. The predicted molar refractivity (Wildman–Crippen MR) is 286 cm³/mol. The van der Waals surface area contributed by atoms with E-state index in [1.165, 1.54) is 87.1 Å². The monoisotopic (exact) mass is 876 g/mol. The lowest BCUT2D eigenvalue weighted by Crippen LogP contribution is -2.35. The van der Waals surface area contributed by atoms with Crippen LogP contribution in [0.4, 0.5) is 28.4 Å². The van der Waals surface area contributed by atoms with Crippen LogP contribution in [0.1, 0.15) is 43.9 Å². The maximum Gasteiger partial charge on any atom is 0.0538 e. The van der Waals surface area contributed by atoms with E-state index in [0.29, 0.717) is 0 Å². The molecule has 1 unspecified atom stereocenters. The van der Waals surface area contributed by atoms with Crippen LogP contribution in [0.5, 0.6) is 0 Å². The van der Waals surface area contributed by atoms with Gasteiger partial charge in [-0.1, -0.05) is 166 Å². The number of benzene rings is 9. The molecule has 67 heavy (non-hydrogen) atoms. The predicted octanol–water partition coefficient (Wildman–Crippen LogP) is 18.1.